The van der Waals surface area contributed by atoms with Crippen molar-refractivity contribution in [1.29, 1.82) is 0 Å². The molecule has 0 fully saturated rings. The molecule has 1 aromatic carbocycles. The number of benzene rings is 1. The summed E-state index contributed by atoms with van der Waals surface area (Å²) in [7, 11) is 0. The van der Waals surface area contributed by atoms with E-state index in [1.165, 1.54) is 12.1 Å². The Morgan fingerprint density at radius 3 is 2.95 bits per heavy atom. The Hall–Kier alpha value is -1.20. The molecule has 2 N–H and O–H groups in total. The van der Waals surface area contributed by atoms with Gasteiger partial charge in [-0.15, -0.1) is 0 Å². The third-order valence-electron chi connectivity index (χ3n) is 3.13. The molecule has 2 aromatic rings. The molecular weight excluding hydrogens is 309 g/mol. The van der Waals surface area contributed by atoms with Crippen LogP contribution in [0.1, 0.15) is 24.7 Å². The van der Waals surface area contributed by atoms with Crippen LogP contribution in [0, 0.1) is 5.82 Å². The molecule has 1 aromatic heterocycles. The van der Waals surface area contributed by atoms with Gasteiger partial charge in [-0.3, -0.25) is 0 Å². The fourth-order valence-electron chi connectivity index (χ4n) is 1.89. The quantitative estimate of drug-likeness (QED) is 0.917. The van der Waals surface area contributed by atoms with Crippen LogP contribution in [-0.2, 0) is 13.0 Å². The number of imidazole rings is 1. The second-order valence-corrected chi connectivity index (χ2v) is 5.43. The van der Waals surface area contributed by atoms with Crippen molar-refractivity contribution < 1.29 is 4.39 Å². The maximum Gasteiger partial charge on any atom is 0.124 e. The van der Waals surface area contributed by atoms with E-state index in [9.17, 15) is 4.39 Å². The van der Waals surface area contributed by atoms with E-state index in [-0.39, 0.29) is 11.9 Å². The Kier molecular flexibility index (Phi) is 4.71. The smallest absolute Gasteiger partial charge is 0.124 e. The molecule has 1 unspecified atom stereocenters. The second-order valence-electron chi connectivity index (χ2n) is 4.58. The minimum Gasteiger partial charge on any atom is -0.330 e. The molecule has 0 aliphatic carbocycles. The van der Waals surface area contributed by atoms with Crippen molar-refractivity contribution >= 4 is 15.9 Å². The lowest BCUT2D eigenvalue weighted by Crippen LogP contribution is -2.23. The van der Waals surface area contributed by atoms with Crippen molar-refractivity contribution in [2.75, 3.05) is 0 Å². The molecule has 0 radical (unpaired) electrons. The van der Waals surface area contributed by atoms with Gasteiger partial charge in [0.1, 0.15) is 11.6 Å². The molecule has 0 bridgehead atoms. The molecule has 1 atom stereocenters. The van der Waals surface area contributed by atoms with E-state index in [1.807, 2.05) is 10.8 Å². The highest BCUT2D eigenvalue weighted by Crippen LogP contribution is 2.19. The number of hydrogen-bond donors (Lipinski definition) is 1. The molecule has 19 heavy (non-hydrogen) atoms. The Bertz CT molecular complexity index is 553. The molecule has 3 nitrogen and oxygen atoms in total. The Labute approximate surface area is 120 Å². The minimum atomic E-state index is -0.241. The van der Waals surface area contributed by atoms with Crippen molar-refractivity contribution in [1.82, 2.24) is 9.55 Å². The molecule has 0 amide bonds. The zero-order chi connectivity index (χ0) is 13.8. The average Bonchev–Trinajstić information content (AvgIpc) is 2.80. The van der Waals surface area contributed by atoms with E-state index < -0.39 is 0 Å². The topological polar surface area (TPSA) is 43.8 Å². The summed E-state index contributed by atoms with van der Waals surface area (Å²) in [6.07, 6.45) is 5.37. The number of aromatic nitrogens is 2. The van der Waals surface area contributed by atoms with Gasteiger partial charge in [0.15, 0.2) is 0 Å². The van der Waals surface area contributed by atoms with E-state index in [4.69, 9.17) is 5.73 Å². The van der Waals surface area contributed by atoms with Crippen molar-refractivity contribution in [2.45, 2.75) is 32.4 Å². The number of nitrogens with zero attached hydrogens (tertiary/aromatic N) is 2. The number of rotatable bonds is 5. The second kappa shape index (κ2) is 6.30. The first kappa shape index (κ1) is 14.2. The fraction of sp³-hybridized carbons (Fsp3) is 0.357. The van der Waals surface area contributed by atoms with Gasteiger partial charge in [-0.2, -0.15) is 0 Å². The predicted molar refractivity (Wildman–Crippen MR) is 77.4 cm³/mol. The largest absolute Gasteiger partial charge is 0.330 e. The molecule has 1 heterocycles. The number of halogens is 2. The molecule has 102 valence electrons. The summed E-state index contributed by atoms with van der Waals surface area (Å²) in [6.45, 7) is 2.72. The lowest BCUT2D eigenvalue weighted by molar-refractivity contribution is 0.595. The van der Waals surface area contributed by atoms with Gasteiger partial charge in [-0.1, -0.05) is 28.9 Å². The predicted octanol–water partition coefficient (Wildman–Crippen LogP) is 3.11. The monoisotopic (exact) mass is 325 g/mol. The first-order chi connectivity index (χ1) is 9.10. The van der Waals surface area contributed by atoms with E-state index in [0.717, 1.165) is 28.7 Å². The van der Waals surface area contributed by atoms with Gasteiger partial charge in [0.2, 0.25) is 0 Å². The summed E-state index contributed by atoms with van der Waals surface area (Å²) in [5.74, 6) is 0.722. The van der Waals surface area contributed by atoms with Gasteiger partial charge < -0.3 is 10.3 Å². The van der Waals surface area contributed by atoms with Crippen LogP contribution in [0.5, 0.6) is 0 Å². The maximum atomic E-state index is 13.1. The number of hydrogen-bond acceptors (Lipinski definition) is 2. The van der Waals surface area contributed by atoms with Crippen LogP contribution in [0.25, 0.3) is 0 Å². The summed E-state index contributed by atoms with van der Waals surface area (Å²) in [6, 6.07) is 4.85. The Balaban J connectivity index is 2.17. The standard InChI is InChI=1S/C14H17BrFN3/c1-2-12(17)8-14-18-5-6-19(14)9-10-3-4-11(16)7-13(10)15/h3-7,12H,2,8-9,17H2,1H3. The van der Waals surface area contributed by atoms with E-state index in [1.54, 1.807) is 12.3 Å². The van der Waals surface area contributed by atoms with Crippen molar-refractivity contribution in [3.63, 3.8) is 0 Å². The third kappa shape index (κ3) is 3.64. The van der Waals surface area contributed by atoms with Crippen molar-refractivity contribution in [3.8, 4) is 0 Å². The van der Waals surface area contributed by atoms with E-state index in [2.05, 4.69) is 27.8 Å². The summed E-state index contributed by atoms with van der Waals surface area (Å²) < 4.78 is 15.9. The van der Waals surface area contributed by atoms with Gasteiger partial charge in [0.05, 0.1) is 0 Å². The highest BCUT2D eigenvalue weighted by atomic mass is 79.9. The van der Waals surface area contributed by atoms with E-state index >= 15 is 0 Å². The van der Waals surface area contributed by atoms with Gasteiger partial charge in [0, 0.05) is 35.9 Å². The van der Waals surface area contributed by atoms with Gasteiger partial charge in [0.25, 0.3) is 0 Å². The molecule has 0 saturated carbocycles. The van der Waals surface area contributed by atoms with Crippen LogP contribution in [0.4, 0.5) is 4.39 Å². The summed E-state index contributed by atoms with van der Waals surface area (Å²) in [5.41, 5.74) is 6.98. The highest BCUT2D eigenvalue weighted by molar-refractivity contribution is 9.10. The molecular formula is C14H17BrFN3. The first-order valence-electron chi connectivity index (χ1n) is 6.29. The highest BCUT2D eigenvalue weighted by Gasteiger charge is 2.09. The molecule has 0 saturated heterocycles. The minimum absolute atomic E-state index is 0.123. The molecule has 5 heteroatoms. The van der Waals surface area contributed by atoms with Crippen LogP contribution in [0.2, 0.25) is 0 Å². The Morgan fingerprint density at radius 2 is 2.26 bits per heavy atom. The van der Waals surface area contributed by atoms with Crippen LogP contribution >= 0.6 is 15.9 Å². The SMILES string of the molecule is CCC(N)Cc1nccn1Cc1ccc(F)cc1Br. The molecule has 2 rings (SSSR count). The molecule has 0 spiro atoms. The normalized spacial score (nSPS) is 12.6. The van der Waals surface area contributed by atoms with Gasteiger partial charge in [-0.05, 0) is 24.1 Å². The summed E-state index contributed by atoms with van der Waals surface area (Å²) >= 11 is 3.38. The third-order valence-corrected chi connectivity index (χ3v) is 3.86. The zero-order valence-corrected chi connectivity index (χ0v) is 12.4. The average molecular weight is 326 g/mol. The van der Waals surface area contributed by atoms with Crippen LogP contribution in [0.15, 0.2) is 35.1 Å². The first-order valence-corrected chi connectivity index (χ1v) is 7.09. The lowest BCUT2D eigenvalue weighted by atomic mass is 10.1. The zero-order valence-electron chi connectivity index (χ0n) is 10.8. The van der Waals surface area contributed by atoms with Crippen LogP contribution < -0.4 is 5.73 Å². The lowest BCUT2D eigenvalue weighted by Gasteiger charge is -2.12. The number of nitrogens with two attached hydrogens (primary N) is 1. The van der Waals surface area contributed by atoms with Crippen LogP contribution in [-0.4, -0.2) is 15.6 Å². The van der Waals surface area contributed by atoms with Crippen molar-refractivity contribution in [2.24, 2.45) is 5.73 Å². The fourth-order valence-corrected chi connectivity index (χ4v) is 2.36. The Morgan fingerprint density at radius 1 is 1.47 bits per heavy atom. The summed E-state index contributed by atoms with van der Waals surface area (Å²) in [5, 5.41) is 0. The maximum absolute atomic E-state index is 13.1. The van der Waals surface area contributed by atoms with E-state index in [0.29, 0.717) is 6.54 Å². The summed E-state index contributed by atoms with van der Waals surface area (Å²) in [4.78, 5) is 4.34. The molecule has 0 aliphatic heterocycles. The van der Waals surface area contributed by atoms with Crippen LogP contribution in [0.3, 0.4) is 0 Å². The van der Waals surface area contributed by atoms with Crippen molar-refractivity contribution in [3.05, 3.63) is 52.3 Å². The van der Waals surface area contributed by atoms with Gasteiger partial charge >= 0.3 is 0 Å². The van der Waals surface area contributed by atoms with Gasteiger partial charge in [-0.25, -0.2) is 9.37 Å². The molecule has 0 aliphatic rings.